The van der Waals surface area contributed by atoms with Gasteiger partial charge in [0, 0.05) is 13.2 Å². The highest BCUT2D eigenvalue weighted by Gasteiger charge is 2.10. The van der Waals surface area contributed by atoms with Crippen molar-refractivity contribution in [3.8, 4) is 0 Å². The lowest BCUT2D eigenvalue weighted by Gasteiger charge is -2.14. The van der Waals surface area contributed by atoms with Gasteiger partial charge in [-0.3, -0.25) is 0 Å². The average molecular weight is 225 g/mol. The van der Waals surface area contributed by atoms with Crippen LogP contribution in [0.5, 0.6) is 0 Å². The summed E-state index contributed by atoms with van der Waals surface area (Å²) in [5.74, 6) is 0.154. The molecular weight excluding hydrogens is 205 g/mol. The van der Waals surface area contributed by atoms with Gasteiger partial charge in [-0.2, -0.15) is 0 Å². The van der Waals surface area contributed by atoms with Gasteiger partial charge in [-0.15, -0.1) is 0 Å². The SMILES string of the molecule is CCOCCC(CN)Cc1ccccc1F. The van der Waals surface area contributed by atoms with Crippen LogP contribution in [-0.2, 0) is 11.2 Å². The van der Waals surface area contributed by atoms with Crippen molar-refractivity contribution in [2.24, 2.45) is 11.7 Å². The molecule has 1 aromatic carbocycles. The van der Waals surface area contributed by atoms with E-state index >= 15 is 0 Å². The van der Waals surface area contributed by atoms with Gasteiger partial charge in [0.15, 0.2) is 0 Å². The number of hydrogen-bond donors (Lipinski definition) is 1. The topological polar surface area (TPSA) is 35.2 Å². The highest BCUT2D eigenvalue weighted by molar-refractivity contribution is 5.17. The Balaban J connectivity index is 2.46. The van der Waals surface area contributed by atoms with E-state index < -0.39 is 0 Å². The van der Waals surface area contributed by atoms with Crippen molar-refractivity contribution < 1.29 is 9.13 Å². The van der Waals surface area contributed by atoms with Crippen LogP contribution in [0, 0.1) is 11.7 Å². The van der Waals surface area contributed by atoms with E-state index in [4.69, 9.17) is 10.5 Å². The van der Waals surface area contributed by atoms with Crippen LogP contribution in [0.1, 0.15) is 18.9 Å². The maximum absolute atomic E-state index is 13.4. The average Bonchev–Trinajstić information content (AvgIpc) is 2.30. The van der Waals surface area contributed by atoms with Gasteiger partial charge in [0.25, 0.3) is 0 Å². The van der Waals surface area contributed by atoms with Crippen LogP contribution in [0.4, 0.5) is 4.39 Å². The van der Waals surface area contributed by atoms with Gasteiger partial charge in [-0.25, -0.2) is 4.39 Å². The molecule has 0 bridgehead atoms. The van der Waals surface area contributed by atoms with Crippen LogP contribution in [0.15, 0.2) is 24.3 Å². The Bertz CT molecular complexity index is 304. The number of ether oxygens (including phenoxy) is 1. The molecule has 0 radical (unpaired) electrons. The summed E-state index contributed by atoms with van der Waals surface area (Å²) < 4.78 is 18.7. The van der Waals surface area contributed by atoms with Gasteiger partial charge in [0.1, 0.15) is 5.82 Å². The molecule has 0 aromatic heterocycles. The predicted molar refractivity (Wildman–Crippen MR) is 63.8 cm³/mol. The van der Waals surface area contributed by atoms with Crippen LogP contribution in [-0.4, -0.2) is 19.8 Å². The summed E-state index contributed by atoms with van der Waals surface area (Å²) in [6, 6.07) is 6.87. The molecule has 3 heteroatoms. The summed E-state index contributed by atoms with van der Waals surface area (Å²) in [6.45, 7) is 3.96. The standard InChI is InChI=1S/C13H20FNO/c1-2-16-8-7-11(10-15)9-12-5-3-4-6-13(12)14/h3-6,11H,2,7-10,15H2,1H3. The van der Waals surface area contributed by atoms with Crippen molar-refractivity contribution in [1.29, 1.82) is 0 Å². The van der Waals surface area contributed by atoms with Gasteiger partial charge in [-0.1, -0.05) is 18.2 Å². The molecular formula is C13H20FNO. The fourth-order valence-electron chi connectivity index (χ4n) is 1.67. The smallest absolute Gasteiger partial charge is 0.126 e. The molecule has 0 aliphatic heterocycles. The zero-order valence-corrected chi connectivity index (χ0v) is 9.79. The maximum Gasteiger partial charge on any atom is 0.126 e. The molecule has 1 aromatic rings. The minimum atomic E-state index is -0.141. The third-order valence-corrected chi connectivity index (χ3v) is 2.67. The summed E-state index contributed by atoms with van der Waals surface area (Å²) in [5.41, 5.74) is 6.42. The number of benzene rings is 1. The van der Waals surface area contributed by atoms with Crippen LogP contribution < -0.4 is 5.73 Å². The van der Waals surface area contributed by atoms with Crippen molar-refractivity contribution >= 4 is 0 Å². The minimum Gasteiger partial charge on any atom is -0.382 e. The van der Waals surface area contributed by atoms with Gasteiger partial charge >= 0.3 is 0 Å². The lowest BCUT2D eigenvalue weighted by Crippen LogP contribution is -2.19. The number of hydrogen-bond acceptors (Lipinski definition) is 2. The van der Waals surface area contributed by atoms with Crippen molar-refractivity contribution in [1.82, 2.24) is 0 Å². The second kappa shape index (κ2) is 7.36. The lowest BCUT2D eigenvalue weighted by atomic mass is 9.96. The zero-order valence-electron chi connectivity index (χ0n) is 9.79. The van der Waals surface area contributed by atoms with Gasteiger partial charge in [-0.05, 0) is 43.9 Å². The molecule has 0 saturated carbocycles. The molecule has 0 amide bonds. The molecule has 90 valence electrons. The molecule has 1 rings (SSSR count). The van der Waals surface area contributed by atoms with Crippen molar-refractivity contribution in [3.63, 3.8) is 0 Å². The van der Waals surface area contributed by atoms with Gasteiger partial charge in [0.2, 0.25) is 0 Å². The quantitative estimate of drug-likeness (QED) is 0.723. The maximum atomic E-state index is 13.4. The largest absolute Gasteiger partial charge is 0.382 e. The molecule has 0 fully saturated rings. The number of nitrogens with two attached hydrogens (primary N) is 1. The van der Waals surface area contributed by atoms with Crippen molar-refractivity contribution in [2.45, 2.75) is 19.8 Å². The number of rotatable bonds is 7. The number of halogens is 1. The van der Waals surface area contributed by atoms with E-state index in [1.807, 2.05) is 19.1 Å². The Kier molecular flexibility index (Phi) is 6.04. The van der Waals surface area contributed by atoms with Crippen LogP contribution in [0.3, 0.4) is 0 Å². The summed E-state index contributed by atoms with van der Waals surface area (Å²) in [6.07, 6.45) is 1.58. The van der Waals surface area contributed by atoms with E-state index in [0.29, 0.717) is 25.5 Å². The Morgan fingerprint density at radius 2 is 2.12 bits per heavy atom. The highest BCUT2D eigenvalue weighted by atomic mass is 19.1. The first-order chi connectivity index (χ1) is 7.77. The van der Waals surface area contributed by atoms with Crippen LogP contribution >= 0.6 is 0 Å². The van der Waals surface area contributed by atoms with Crippen LogP contribution in [0.2, 0.25) is 0 Å². The fourth-order valence-corrected chi connectivity index (χ4v) is 1.67. The second-order valence-corrected chi connectivity index (χ2v) is 3.88. The predicted octanol–water partition coefficient (Wildman–Crippen LogP) is 2.37. The molecule has 0 aliphatic carbocycles. The van der Waals surface area contributed by atoms with Crippen molar-refractivity contribution in [2.75, 3.05) is 19.8 Å². The van der Waals surface area contributed by atoms with Gasteiger partial charge < -0.3 is 10.5 Å². The van der Waals surface area contributed by atoms with Gasteiger partial charge in [0.05, 0.1) is 0 Å². The molecule has 16 heavy (non-hydrogen) atoms. The molecule has 1 unspecified atom stereocenters. The summed E-state index contributed by atoms with van der Waals surface area (Å²) in [5, 5.41) is 0. The van der Waals surface area contributed by atoms with Crippen molar-refractivity contribution in [3.05, 3.63) is 35.6 Å². The molecule has 0 aliphatic rings. The normalized spacial score (nSPS) is 12.7. The third-order valence-electron chi connectivity index (χ3n) is 2.67. The first-order valence-corrected chi connectivity index (χ1v) is 5.79. The summed E-state index contributed by atoms with van der Waals surface area (Å²) in [7, 11) is 0. The molecule has 2 N–H and O–H groups in total. The first-order valence-electron chi connectivity index (χ1n) is 5.79. The zero-order chi connectivity index (χ0) is 11.8. The molecule has 0 spiro atoms. The van der Waals surface area contributed by atoms with E-state index in [9.17, 15) is 4.39 Å². The van der Waals surface area contributed by atoms with E-state index in [2.05, 4.69) is 0 Å². The summed E-state index contributed by atoms with van der Waals surface area (Å²) >= 11 is 0. The van der Waals surface area contributed by atoms with E-state index in [1.54, 1.807) is 6.07 Å². The Morgan fingerprint density at radius 1 is 1.38 bits per heavy atom. The Hall–Kier alpha value is -0.930. The molecule has 0 saturated heterocycles. The Morgan fingerprint density at radius 3 is 2.75 bits per heavy atom. The van der Waals surface area contributed by atoms with Crippen LogP contribution in [0.25, 0.3) is 0 Å². The monoisotopic (exact) mass is 225 g/mol. The first kappa shape index (κ1) is 13.1. The second-order valence-electron chi connectivity index (χ2n) is 3.88. The molecule has 0 heterocycles. The minimum absolute atomic E-state index is 0.141. The Labute approximate surface area is 96.6 Å². The van der Waals surface area contributed by atoms with E-state index in [-0.39, 0.29) is 5.82 Å². The lowest BCUT2D eigenvalue weighted by molar-refractivity contribution is 0.132. The molecule has 2 nitrogen and oxygen atoms in total. The third kappa shape index (κ3) is 4.29. The highest BCUT2D eigenvalue weighted by Crippen LogP contribution is 2.14. The van der Waals surface area contributed by atoms with E-state index in [0.717, 1.165) is 18.6 Å². The van der Waals surface area contributed by atoms with E-state index in [1.165, 1.54) is 6.07 Å². The molecule has 1 atom stereocenters. The fraction of sp³-hybridized carbons (Fsp3) is 0.538. The summed E-state index contributed by atoms with van der Waals surface area (Å²) in [4.78, 5) is 0.